The van der Waals surface area contributed by atoms with Crippen LogP contribution in [0.3, 0.4) is 0 Å². The van der Waals surface area contributed by atoms with Gasteiger partial charge in [-0.2, -0.15) is 0 Å². The molecule has 0 amide bonds. The summed E-state index contributed by atoms with van der Waals surface area (Å²) in [5, 5.41) is 2.38. The monoisotopic (exact) mass is 280 g/mol. The zero-order valence-electron chi connectivity index (χ0n) is 11.5. The maximum Gasteiger partial charge on any atom is 0.102 e. The highest BCUT2D eigenvalue weighted by Crippen LogP contribution is 2.42. The number of halogens is 1. The second kappa shape index (κ2) is 5.20. The van der Waals surface area contributed by atoms with E-state index in [9.17, 15) is 0 Å². The summed E-state index contributed by atoms with van der Waals surface area (Å²) in [7, 11) is -1.47. The van der Waals surface area contributed by atoms with E-state index in [1.54, 1.807) is 0 Å². The summed E-state index contributed by atoms with van der Waals surface area (Å²) < 4.78 is 6.17. The summed E-state index contributed by atoms with van der Waals surface area (Å²) in [5.41, 5.74) is 1.22. The Morgan fingerprint density at radius 3 is 2.33 bits per heavy atom. The molecule has 1 heterocycles. The van der Waals surface area contributed by atoms with Crippen molar-refractivity contribution < 1.29 is 4.74 Å². The number of ether oxygens (including phenoxy) is 1. The first kappa shape index (κ1) is 13.8. The largest absolute Gasteiger partial charge is 0.366 e. The molecule has 0 fully saturated rings. The zero-order valence-corrected chi connectivity index (χ0v) is 13.3. The van der Waals surface area contributed by atoms with E-state index in [0.29, 0.717) is 0 Å². The zero-order chi connectivity index (χ0) is 13.3. The molecule has 1 nitrogen and oxygen atoms in total. The topological polar surface area (TPSA) is 9.23 Å². The van der Waals surface area contributed by atoms with Crippen LogP contribution >= 0.6 is 11.6 Å². The summed E-state index contributed by atoms with van der Waals surface area (Å²) in [6.45, 7) is 9.10. The van der Waals surface area contributed by atoms with Crippen molar-refractivity contribution in [3.63, 3.8) is 0 Å². The van der Waals surface area contributed by atoms with Crippen LogP contribution in [0.5, 0.6) is 0 Å². The Kier molecular flexibility index (Phi) is 4.00. The normalized spacial score (nSPS) is 25.4. The van der Waals surface area contributed by atoms with Gasteiger partial charge in [0.25, 0.3) is 0 Å². The van der Waals surface area contributed by atoms with Crippen LogP contribution in [-0.4, -0.2) is 14.2 Å². The molecule has 0 N–H and O–H groups in total. The molecule has 1 aliphatic heterocycles. The minimum Gasteiger partial charge on any atom is -0.366 e. The van der Waals surface area contributed by atoms with Gasteiger partial charge in [-0.25, -0.2) is 0 Å². The molecule has 1 aromatic rings. The molecule has 0 saturated carbocycles. The Morgan fingerprint density at radius 2 is 1.78 bits per heavy atom. The first-order valence-electron chi connectivity index (χ1n) is 6.49. The van der Waals surface area contributed by atoms with Gasteiger partial charge in [-0.15, -0.1) is 0 Å². The quantitative estimate of drug-likeness (QED) is 0.700. The molecule has 2 atom stereocenters. The lowest BCUT2D eigenvalue weighted by atomic mass is 10.0. The Labute approximate surface area is 116 Å². The molecule has 1 aliphatic rings. The predicted octanol–water partition coefficient (Wildman–Crippen LogP) is 4.91. The molecule has 0 aliphatic carbocycles. The molecule has 0 radical (unpaired) electrons. The summed E-state index contributed by atoms with van der Waals surface area (Å²) in [5.74, 6) is 0. The third-order valence-corrected chi connectivity index (χ3v) is 6.00. The smallest absolute Gasteiger partial charge is 0.102 e. The van der Waals surface area contributed by atoms with Crippen molar-refractivity contribution in [1.82, 2.24) is 0 Å². The lowest BCUT2D eigenvalue weighted by molar-refractivity contribution is 0.0114. The third kappa shape index (κ3) is 2.87. The summed E-state index contributed by atoms with van der Waals surface area (Å²) >= 11 is 6.54. The molecular formula is C15H21ClOSi. The Morgan fingerprint density at radius 1 is 1.17 bits per heavy atom. The van der Waals surface area contributed by atoms with Gasteiger partial charge in [-0.3, -0.25) is 0 Å². The molecule has 18 heavy (non-hydrogen) atoms. The minimum absolute atomic E-state index is 0.0501. The third-order valence-electron chi connectivity index (χ3n) is 3.30. The van der Waals surface area contributed by atoms with Gasteiger partial charge in [0.1, 0.15) is 6.10 Å². The fraction of sp³-hybridized carbons (Fsp3) is 0.467. The molecule has 0 saturated heterocycles. The summed E-state index contributed by atoms with van der Waals surface area (Å²) in [4.78, 5) is 0. The van der Waals surface area contributed by atoms with Crippen LogP contribution in [0, 0.1) is 0 Å². The first-order chi connectivity index (χ1) is 8.39. The molecule has 1 aromatic carbocycles. The van der Waals surface area contributed by atoms with Crippen LogP contribution < -0.4 is 0 Å². The number of rotatable bonds is 2. The van der Waals surface area contributed by atoms with Gasteiger partial charge in [0.2, 0.25) is 0 Å². The van der Waals surface area contributed by atoms with E-state index in [-0.39, 0.29) is 12.2 Å². The van der Waals surface area contributed by atoms with E-state index in [2.05, 4.69) is 50.8 Å². The summed E-state index contributed by atoms with van der Waals surface area (Å²) in [6.07, 6.45) is 1.10. The van der Waals surface area contributed by atoms with Crippen LogP contribution in [0.2, 0.25) is 19.6 Å². The van der Waals surface area contributed by atoms with Crippen molar-refractivity contribution in [3.8, 4) is 0 Å². The van der Waals surface area contributed by atoms with Crippen LogP contribution in [0.1, 0.15) is 25.0 Å². The lowest BCUT2D eigenvalue weighted by Gasteiger charge is -2.37. The van der Waals surface area contributed by atoms with Crippen molar-refractivity contribution >= 4 is 19.7 Å². The van der Waals surface area contributed by atoms with E-state index in [4.69, 9.17) is 16.3 Å². The van der Waals surface area contributed by atoms with Crippen molar-refractivity contribution in [2.45, 2.75) is 45.2 Å². The van der Waals surface area contributed by atoms with Crippen LogP contribution in [-0.2, 0) is 4.74 Å². The van der Waals surface area contributed by atoms with E-state index in [1.165, 1.54) is 10.8 Å². The van der Waals surface area contributed by atoms with Crippen LogP contribution in [0.15, 0.2) is 40.6 Å². The summed E-state index contributed by atoms with van der Waals surface area (Å²) in [6, 6.07) is 10.4. The van der Waals surface area contributed by atoms with Gasteiger partial charge in [0.15, 0.2) is 0 Å². The van der Waals surface area contributed by atoms with Gasteiger partial charge >= 0.3 is 0 Å². The highest BCUT2D eigenvalue weighted by molar-refractivity contribution is 6.84. The average Bonchev–Trinajstić information content (AvgIpc) is 2.27. The molecule has 98 valence electrons. The first-order valence-corrected chi connectivity index (χ1v) is 10.4. The Hall–Kier alpha value is -0.573. The van der Waals surface area contributed by atoms with Crippen molar-refractivity contribution in [3.05, 3.63) is 46.1 Å². The Balaban J connectivity index is 2.47. The molecule has 0 spiro atoms. The predicted molar refractivity (Wildman–Crippen MR) is 80.6 cm³/mol. The molecule has 0 unspecified atom stereocenters. The maximum absolute atomic E-state index is 6.54. The van der Waals surface area contributed by atoms with Gasteiger partial charge in [-0.05, 0) is 17.7 Å². The van der Waals surface area contributed by atoms with Crippen molar-refractivity contribution in [1.29, 1.82) is 0 Å². The maximum atomic E-state index is 6.54. The number of hydrogen-bond donors (Lipinski definition) is 0. The highest BCUT2D eigenvalue weighted by atomic mass is 35.5. The van der Waals surface area contributed by atoms with E-state index in [1.807, 2.05) is 6.07 Å². The fourth-order valence-electron chi connectivity index (χ4n) is 2.53. The Bertz CT molecular complexity index is 447. The molecule has 0 bridgehead atoms. The second-order valence-corrected chi connectivity index (χ2v) is 11.5. The molecular weight excluding hydrogens is 260 g/mol. The van der Waals surface area contributed by atoms with Crippen molar-refractivity contribution in [2.24, 2.45) is 0 Å². The highest BCUT2D eigenvalue weighted by Gasteiger charge is 2.35. The SMILES string of the molecule is C[C@H]1CC(Cl)=C([Si](C)(C)C)[C@@H](c2ccccc2)O1. The molecule has 0 aromatic heterocycles. The number of hydrogen-bond acceptors (Lipinski definition) is 1. The standard InChI is InChI=1S/C15H21ClOSi/c1-11-10-13(16)15(18(2,3)4)14(17-11)12-8-6-5-7-9-12/h5-9,11,14H,10H2,1-4H3/t11-,14+/m0/s1. The van der Waals surface area contributed by atoms with Gasteiger partial charge in [0.05, 0.1) is 14.2 Å². The van der Waals surface area contributed by atoms with Gasteiger partial charge < -0.3 is 4.74 Å². The van der Waals surface area contributed by atoms with Crippen molar-refractivity contribution in [2.75, 3.05) is 0 Å². The molecule has 3 heteroatoms. The van der Waals surface area contributed by atoms with E-state index < -0.39 is 8.07 Å². The average molecular weight is 281 g/mol. The van der Waals surface area contributed by atoms with Gasteiger partial charge in [0, 0.05) is 11.5 Å². The molecule has 2 rings (SSSR count). The lowest BCUT2D eigenvalue weighted by Crippen LogP contribution is -2.35. The minimum atomic E-state index is -1.47. The number of benzene rings is 1. The van der Waals surface area contributed by atoms with Crippen LogP contribution in [0.4, 0.5) is 0 Å². The van der Waals surface area contributed by atoms with Crippen LogP contribution in [0.25, 0.3) is 0 Å². The van der Waals surface area contributed by atoms with Gasteiger partial charge in [-0.1, -0.05) is 61.6 Å². The fourth-order valence-corrected chi connectivity index (χ4v) is 5.63. The second-order valence-electron chi connectivity index (χ2n) is 6.01. The van der Waals surface area contributed by atoms with E-state index in [0.717, 1.165) is 11.5 Å². The van der Waals surface area contributed by atoms with E-state index >= 15 is 0 Å².